The van der Waals surface area contributed by atoms with Crippen LogP contribution in [0.25, 0.3) is 0 Å². The van der Waals surface area contributed by atoms with Crippen LogP contribution in [0, 0.1) is 11.3 Å². The molecule has 1 rings (SSSR count). The number of methoxy groups -OCH3 is 2. The summed E-state index contributed by atoms with van der Waals surface area (Å²) in [5.74, 6) is -0.311. The summed E-state index contributed by atoms with van der Waals surface area (Å²) in [5.41, 5.74) is 0. The number of hydrogen-bond acceptors (Lipinski definition) is 10. The van der Waals surface area contributed by atoms with E-state index in [1.165, 1.54) is 0 Å². The van der Waals surface area contributed by atoms with Gasteiger partial charge in [0.05, 0.1) is 37.7 Å². The Hall–Kier alpha value is -1.61. The first-order valence-corrected chi connectivity index (χ1v) is 8.56. The van der Waals surface area contributed by atoms with E-state index >= 15 is 0 Å². The summed E-state index contributed by atoms with van der Waals surface area (Å²) in [6.07, 6.45) is -0.176. The van der Waals surface area contributed by atoms with Gasteiger partial charge in [0.25, 0.3) is 0 Å². The Kier molecular flexibility index (Phi) is 11.7. The smallest absolute Gasteiger partial charge is 0.330 e. The number of nitriles is 1. The first-order valence-electron chi connectivity index (χ1n) is 7.44. The largest absolute Gasteiger partial charge is 0.462 e. The fourth-order valence-corrected chi connectivity index (χ4v) is 2.70. The van der Waals surface area contributed by atoms with Crippen LogP contribution >= 0.6 is 23.2 Å². The second-order valence-corrected chi connectivity index (χ2v) is 5.84. The molecule has 0 bridgehead atoms. The van der Waals surface area contributed by atoms with Crippen LogP contribution in [0.4, 0.5) is 0 Å². The van der Waals surface area contributed by atoms with E-state index in [2.05, 4.69) is 4.29 Å². The van der Waals surface area contributed by atoms with Gasteiger partial charge in [-0.15, -0.1) is 11.3 Å². The van der Waals surface area contributed by atoms with Gasteiger partial charge in [-0.3, -0.25) is 4.79 Å². The second-order valence-electron chi connectivity index (χ2n) is 4.58. The van der Waals surface area contributed by atoms with Gasteiger partial charge >= 0.3 is 5.97 Å². The minimum Gasteiger partial charge on any atom is -0.462 e. The summed E-state index contributed by atoms with van der Waals surface area (Å²) < 4.78 is 35.4. The molecule has 0 saturated carbocycles. The van der Waals surface area contributed by atoms with Crippen molar-refractivity contribution in [3.05, 3.63) is 9.75 Å². The van der Waals surface area contributed by atoms with E-state index in [0.717, 1.165) is 11.3 Å². The Bertz CT molecular complexity index is 589. The van der Waals surface area contributed by atoms with Crippen LogP contribution in [0.2, 0.25) is 0 Å². The number of thiophene rings is 1. The van der Waals surface area contributed by atoms with Gasteiger partial charge in [-0.1, -0.05) is 0 Å². The predicted molar refractivity (Wildman–Crippen MR) is 91.3 cm³/mol. The topological polar surface area (TPSA) is 105 Å². The highest BCUT2D eigenvalue weighted by Gasteiger charge is 2.24. The van der Waals surface area contributed by atoms with Gasteiger partial charge < -0.3 is 32.7 Å². The summed E-state index contributed by atoms with van der Waals surface area (Å²) in [5, 5.41) is 9.30. The van der Waals surface area contributed by atoms with Crippen molar-refractivity contribution < 1.29 is 37.5 Å². The fraction of sp³-hybridized carbons (Fsp3) is 0.600. The van der Waals surface area contributed by atoms with E-state index < -0.39 is 5.97 Å². The van der Waals surface area contributed by atoms with Crippen LogP contribution in [0.15, 0.2) is 0 Å². The number of rotatable bonds is 14. The van der Waals surface area contributed by atoms with Crippen LogP contribution in [0.3, 0.4) is 0 Å². The van der Waals surface area contributed by atoms with Crippen LogP contribution in [-0.2, 0) is 34.5 Å². The quantitative estimate of drug-likeness (QED) is 0.336. The molecular weight excluding hydrogens is 390 g/mol. The zero-order valence-corrected chi connectivity index (χ0v) is 16.0. The number of nitrogens with zero attached hydrogens (tertiary/aromatic N) is 1. The average Bonchev–Trinajstić information content (AvgIpc) is 2.97. The van der Waals surface area contributed by atoms with E-state index in [0.29, 0.717) is 31.3 Å². The SMILES string of the molecule is COCCOCOc1c(C#N)sc(CC(=O)OCl)c1OCOCCOC. The molecule has 1 aromatic rings. The minimum atomic E-state index is -0.689. The van der Waals surface area contributed by atoms with E-state index in [1.807, 2.05) is 6.07 Å². The van der Waals surface area contributed by atoms with E-state index in [-0.39, 0.29) is 36.4 Å². The number of hydrogen-bond donors (Lipinski definition) is 0. The molecule has 0 N–H and O–H groups in total. The Morgan fingerprint density at radius 1 is 1.04 bits per heavy atom. The maximum absolute atomic E-state index is 11.5. The molecule has 9 nitrogen and oxygen atoms in total. The van der Waals surface area contributed by atoms with Gasteiger partial charge in [0, 0.05) is 14.2 Å². The Balaban J connectivity index is 2.84. The number of ether oxygens (including phenoxy) is 6. The fourth-order valence-electron chi connectivity index (χ4n) is 1.67. The molecule has 146 valence electrons. The van der Waals surface area contributed by atoms with Gasteiger partial charge in [-0.05, 0) is 0 Å². The summed E-state index contributed by atoms with van der Waals surface area (Å²) >= 11 is 6.11. The van der Waals surface area contributed by atoms with Crippen molar-refractivity contribution in [2.45, 2.75) is 6.42 Å². The monoisotopic (exact) mass is 409 g/mol. The van der Waals surface area contributed by atoms with Gasteiger partial charge in [0.1, 0.15) is 17.9 Å². The lowest BCUT2D eigenvalue weighted by atomic mass is 10.3. The summed E-state index contributed by atoms with van der Waals surface area (Å²) in [6.45, 7) is 1.22. The lowest BCUT2D eigenvalue weighted by molar-refractivity contribution is -0.133. The van der Waals surface area contributed by atoms with Gasteiger partial charge in [-0.2, -0.15) is 5.26 Å². The third-order valence-electron chi connectivity index (χ3n) is 2.82. The molecule has 0 atom stereocenters. The molecule has 0 aliphatic heterocycles. The molecule has 0 unspecified atom stereocenters. The number of halogens is 1. The number of carbonyl (C=O) groups excluding carboxylic acids is 1. The summed E-state index contributed by atoms with van der Waals surface area (Å²) in [4.78, 5) is 12.1. The van der Waals surface area contributed by atoms with Gasteiger partial charge in [0.15, 0.2) is 30.0 Å². The number of carbonyl (C=O) groups is 1. The minimum absolute atomic E-state index is 0.116. The maximum Gasteiger partial charge on any atom is 0.330 e. The second kappa shape index (κ2) is 13.6. The highest BCUT2D eigenvalue weighted by Crippen LogP contribution is 2.42. The summed E-state index contributed by atoms with van der Waals surface area (Å²) in [7, 11) is 3.10. The van der Waals surface area contributed by atoms with Crippen molar-refractivity contribution in [2.24, 2.45) is 0 Å². The standard InChI is InChI=1S/C15H20ClNO8S/c1-19-3-5-21-9-23-14-11(7-13(18)25-16)26-12(8-17)15(14)24-10-22-6-4-20-2/h3-7,9-10H2,1-2H3. The zero-order valence-electron chi connectivity index (χ0n) is 14.4. The highest BCUT2D eigenvalue weighted by atomic mass is 35.5. The Morgan fingerprint density at radius 2 is 1.62 bits per heavy atom. The Morgan fingerprint density at radius 3 is 2.12 bits per heavy atom. The van der Waals surface area contributed by atoms with Crippen LogP contribution in [0.5, 0.6) is 11.5 Å². The molecule has 0 fully saturated rings. The van der Waals surface area contributed by atoms with E-state index in [4.69, 9.17) is 40.3 Å². The molecular formula is C15H20ClNO8S. The van der Waals surface area contributed by atoms with Crippen LogP contribution in [-0.4, -0.2) is 60.2 Å². The van der Waals surface area contributed by atoms with Crippen molar-refractivity contribution in [3.8, 4) is 17.6 Å². The Labute approximate surface area is 160 Å². The first-order chi connectivity index (χ1) is 12.7. The molecule has 11 heteroatoms. The van der Waals surface area contributed by atoms with Crippen molar-refractivity contribution in [3.63, 3.8) is 0 Å². The molecule has 1 heterocycles. The van der Waals surface area contributed by atoms with Crippen molar-refractivity contribution in [2.75, 3.05) is 54.2 Å². The highest BCUT2D eigenvalue weighted by molar-refractivity contribution is 7.13. The predicted octanol–water partition coefficient (Wildman–Crippen LogP) is 1.86. The molecule has 26 heavy (non-hydrogen) atoms. The van der Waals surface area contributed by atoms with Crippen molar-refractivity contribution >= 4 is 29.2 Å². The third kappa shape index (κ3) is 7.74. The average molecular weight is 410 g/mol. The van der Waals surface area contributed by atoms with E-state index in [9.17, 15) is 10.1 Å². The van der Waals surface area contributed by atoms with Crippen LogP contribution < -0.4 is 9.47 Å². The van der Waals surface area contributed by atoms with Crippen molar-refractivity contribution in [1.82, 2.24) is 0 Å². The van der Waals surface area contributed by atoms with Crippen LogP contribution in [0.1, 0.15) is 9.75 Å². The molecule has 0 spiro atoms. The van der Waals surface area contributed by atoms with Crippen molar-refractivity contribution in [1.29, 1.82) is 5.26 Å². The molecule has 0 amide bonds. The summed E-state index contributed by atoms with van der Waals surface area (Å²) in [6, 6.07) is 2.00. The zero-order chi connectivity index (χ0) is 19.2. The lowest BCUT2D eigenvalue weighted by Gasteiger charge is -2.11. The lowest BCUT2D eigenvalue weighted by Crippen LogP contribution is -2.11. The third-order valence-corrected chi connectivity index (χ3v) is 4.05. The first kappa shape index (κ1) is 22.4. The van der Waals surface area contributed by atoms with E-state index in [1.54, 1.807) is 14.2 Å². The molecule has 0 aliphatic carbocycles. The van der Waals surface area contributed by atoms with Gasteiger partial charge in [0.2, 0.25) is 0 Å². The normalized spacial score (nSPS) is 10.4. The van der Waals surface area contributed by atoms with Gasteiger partial charge in [-0.25, -0.2) is 0 Å². The maximum atomic E-state index is 11.5. The molecule has 1 aromatic heterocycles. The molecule has 0 aliphatic rings. The molecule has 0 saturated heterocycles. The molecule has 0 radical (unpaired) electrons. The molecule has 0 aromatic carbocycles.